The molecule has 6 rings (SSSR count). The number of rotatable bonds is 6. The molecule has 2 aliphatic heterocycles. The van der Waals surface area contributed by atoms with Gasteiger partial charge in [0.1, 0.15) is 16.9 Å². The Kier molecular flexibility index (Phi) is 6.72. The summed E-state index contributed by atoms with van der Waals surface area (Å²) in [7, 11) is 1.84. The summed E-state index contributed by atoms with van der Waals surface area (Å²) in [5.74, 6) is -0.876. The van der Waals surface area contributed by atoms with Crippen LogP contribution in [-0.4, -0.2) is 52.3 Å². The number of aromatic nitrogens is 3. The minimum absolute atomic E-state index is 0.0170. The van der Waals surface area contributed by atoms with Crippen LogP contribution in [0.2, 0.25) is 5.02 Å². The smallest absolute Gasteiger partial charge is 0.281 e. The highest BCUT2D eigenvalue weighted by molar-refractivity contribution is 6.30. The third-order valence-electron chi connectivity index (χ3n) is 8.36. The second kappa shape index (κ2) is 10.1. The van der Waals surface area contributed by atoms with Crippen LogP contribution in [0.5, 0.6) is 0 Å². The van der Waals surface area contributed by atoms with Crippen molar-refractivity contribution in [3.05, 3.63) is 70.5 Å². The van der Waals surface area contributed by atoms with Crippen LogP contribution in [0, 0.1) is 11.7 Å². The fourth-order valence-electron chi connectivity index (χ4n) is 6.28. The maximum atomic E-state index is 14.3. The van der Waals surface area contributed by atoms with E-state index >= 15 is 0 Å². The van der Waals surface area contributed by atoms with Gasteiger partial charge in [0, 0.05) is 45.1 Å². The van der Waals surface area contributed by atoms with Crippen molar-refractivity contribution in [1.82, 2.24) is 20.1 Å². The molecular weight excluding hydrogens is 545 g/mol. The van der Waals surface area contributed by atoms with Gasteiger partial charge in [-0.05, 0) is 55.4 Å². The Hall–Kier alpha value is -3.60. The van der Waals surface area contributed by atoms with Gasteiger partial charge >= 0.3 is 0 Å². The first kappa shape index (κ1) is 26.6. The molecule has 3 aliphatic rings. The predicted octanol–water partition coefficient (Wildman–Crippen LogP) is 4.64. The molecule has 40 heavy (non-hydrogen) atoms. The molecule has 3 aromatic rings. The summed E-state index contributed by atoms with van der Waals surface area (Å²) in [6, 6.07) is 5.59. The molecule has 8 nitrogen and oxygen atoms in total. The minimum atomic E-state index is -2.89. The van der Waals surface area contributed by atoms with E-state index in [1.54, 1.807) is 21.8 Å². The number of pyridine rings is 1. The second-order valence-electron chi connectivity index (χ2n) is 11.0. The Morgan fingerprint density at radius 1 is 1.18 bits per heavy atom. The summed E-state index contributed by atoms with van der Waals surface area (Å²) in [6.07, 6.45) is 4.59. The molecule has 1 aromatic carbocycles. The Morgan fingerprint density at radius 3 is 2.60 bits per heavy atom. The first-order chi connectivity index (χ1) is 19.1. The highest BCUT2D eigenvalue weighted by Gasteiger charge is 2.58. The summed E-state index contributed by atoms with van der Waals surface area (Å²) in [6.45, 7) is 1.47. The number of anilines is 2. The zero-order valence-electron chi connectivity index (χ0n) is 21.8. The van der Waals surface area contributed by atoms with Gasteiger partial charge in [0.2, 0.25) is 5.91 Å². The summed E-state index contributed by atoms with van der Waals surface area (Å²) in [4.78, 5) is 34.1. The van der Waals surface area contributed by atoms with Gasteiger partial charge in [0.15, 0.2) is 0 Å². The average molecular weight is 573 g/mol. The van der Waals surface area contributed by atoms with Crippen molar-refractivity contribution >= 4 is 34.8 Å². The van der Waals surface area contributed by atoms with Gasteiger partial charge in [-0.15, -0.1) is 0 Å². The predicted molar refractivity (Wildman–Crippen MR) is 143 cm³/mol. The summed E-state index contributed by atoms with van der Waals surface area (Å²) >= 11 is 5.89. The summed E-state index contributed by atoms with van der Waals surface area (Å²) in [5.41, 5.74) is 0.886. The first-order valence-electron chi connectivity index (χ1n) is 13.2. The molecule has 4 heterocycles. The fourth-order valence-corrected chi connectivity index (χ4v) is 6.44. The van der Waals surface area contributed by atoms with E-state index in [1.807, 2.05) is 13.2 Å². The molecule has 12 heteroatoms. The standard InChI is InChI=1S/C28H28ClF3N6O2/c1-36-13-20(11-34-36)37-14-28(15-37)22-7-4-18(30)9-23(22)38(27(28)40)12-16-2-5-19(6-3-16)35-26(39)21-8-17(29)10-33-24(21)25(31)32/h4,7-11,13,16,19,25H,2-3,5-6,12,14-15H2,1H3,(H,35,39). The molecule has 1 saturated heterocycles. The topological polar surface area (TPSA) is 83.4 Å². The van der Waals surface area contributed by atoms with Crippen LogP contribution < -0.4 is 15.1 Å². The molecule has 210 valence electrons. The van der Waals surface area contributed by atoms with E-state index in [9.17, 15) is 22.8 Å². The van der Waals surface area contributed by atoms with E-state index in [0.29, 0.717) is 38.2 Å². The Morgan fingerprint density at radius 2 is 1.93 bits per heavy atom. The zero-order valence-corrected chi connectivity index (χ0v) is 22.5. The molecule has 1 spiro atoms. The Balaban J connectivity index is 1.11. The van der Waals surface area contributed by atoms with Crippen molar-refractivity contribution in [3.8, 4) is 0 Å². The highest BCUT2D eigenvalue weighted by atomic mass is 35.5. The van der Waals surface area contributed by atoms with Crippen LogP contribution >= 0.6 is 11.6 Å². The number of hydrogen-bond donors (Lipinski definition) is 1. The lowest BCUT2D eigenvalue weighted by Crippen LogP contribution is -2.64. The van der Waals surface area contributed by atoms with Crippen LogP contribution in [-0.2, 0) is 17.3 Å². The lowest BCUT2D eigenvalue weighted by atomic mass is 9.74. The van der Waals surface area contributed by atoms with Crippen molar-refractivity contribution in [2.75, 3.05) is 29.4 Å². The first-order valence-corrected chi connectivity index (χ1v) is 13.6. The number of halogens is 4. The van der Waals surface area contributed by atoms with Gasteiger partial charge in [-0.1, -0.05) is 17.7 Å². The maximum absolute atomic E-state index is 14.3. The molecule has 2 aromatic heterocycles. The summed E-state index contributed by atoms with van der Waals surface area (Å²) < 4.78 is 42.7. The molecule has 1 saturated carbocycles. The number of hydrogen-bond acceptors (Lipinski definition) is 5. The van der Waals surface area contributed by atoms with Crippen LogP contribution in [0.1, 0.15) is 53.7 Å². The van der Waals surface area contributed by atoms with Crippen molar-refractivity contribution < 1.29 is 22.8 Å². The van der Waals surface area contributed by atoms with Crippen LogP contribution in [0.15, 0.2) is 42.9 Å². The number of benzene rings is 1. The second-order valence-corrected chi connectivity index (χ2v) is 11.4. The van der Waals surface area contributed by atoms with E-state index < -0.39 is 23.4 Å². The van der Waals surface area contributed by atoms with Crippen molar-refractivity contribution in [2.45, 2.75) is 43.6 Å². The van der Waals surface area contributed by atoms with Gasteiger partial charge in [-0.3, -0.25) is 19.3 Å². The molecule has 2 amide bonds. The van der Waals surface area contributed by atoms with Gasteiger partial charge in [0.25, 0.3) is 12.3 Å². The van der Waals surface area contributed by atoms with Crippen molar-refractivity contribution in [3.63, 3.8) is 0 Å². The monoisotopic (exact) mass is 572 g/mol. The average Bonchev–Trinajstić information content (AvgIpc) is 3.42. The number of carbonyl (C=O) groups excluding carboxylic acids is 2. The van der Waals surface area contributed by atoms with E-state index in [0.717, 1.165) is 30.3 Å². The number of carbonyl (C=O) groups is 2. The minimum Gasteiger partial charge on any atom is -0.366 e. The zero-order chi connectivity index (χ0) is 28.2. The number of amides is 2. The molecule has 0 unspecified atom stereocenters. The van der Waals surface area contributed by atoms with Gasteiger partial charge in [0.05, 0.1) is 28.2 Å². The molecular formula is C28H28ClF3N6O2. The maximum Gasteiger partial charge on any atom is 0.281 e. The number of fused-ring (bicyclic) bond motifs is 2. The molecule has 0 atom stereocenters. The van der Waals surface area contributed by atoms with Crippen molar-refractivity contribution in [1.29, 1.82) is 0 Å². The molecule has 1 aliphatic carbocycles. The number of aryl methyl sites for hydroxylation is 1. The Labute approximate surface area is 234 Å². The lowest BCUT2D eigenvalue weighted by Gasteiger charge is -2.47. The number of nitrogens with zero attached hydrogens (tertiary/aromatic N) is 5. The Bertz CT molecular complexity index is 1470. The van der Waals surface area contributed by atoms with E-state index in [4.69, 9.17) is 11.6 Å². The molecule has 0 bridgehead atoms. The normalized spacial score (nSPS) is 21.6. The highest BCUT2D eigenvalue weighted by Crippen LogP contribution is 2.49. The fraction of sp³-hybridized carbons (Fsp3) is 0.429. The molecule has 0 radical (unpaired) electrons. The van der Waals surface area contributed by atoms with Gasteiger partial charge < -0.3 is 15.1 Å². The van der Waals surface area contributed by atoms with E-state index in [1.165, 1.54) is 18.2 Å². The molecule has 1 N–H and O–H groups in total. The molecule has 2 fully saturated rings. The van der Waals surface area contributed by atoms with Crippen LogP contribution in [0.4, 0.5) is 24.5 Å². The third-order valence-corrected chi connectivity index (χ3v) is 8.56. The van der Waals surface area contributed by atoms with E-state index in [2.05, 4.69) is 20.3 Å². The van der Waals surface area contributed by atoms with Crippen LogP contribution in [0.25, 0.3) is 0 Å². The lowest BCUT2D eigenvalue weighted by molar-refractivity contribution is -0.124. The quantitative estimate of drug-likeness (QED) is 0.465. The SMILES string of the molecule is Cn1cc(N2CC3(C2)C(=O)N(CC2CCC(NC(=O)c4cc(Cl)cnc4C(F)F)CC2)c2cc(F)ccc23)cn1. The summed E-state index contributed by atoms with van der Waals surface area (Å²) in [5, 5.41) is 7.17. The van der Waals surface area contributed by atoms with Crippen molar-refractivity contribution in [2.24, 2.45) is 13.0 Å². The van der Waals surface area contributed by atoms with Gasteiger partial charge in [-0.25, -0.2) is 13.2 Å². The van der Waals surface area contributed by atoms with Crippen LogP contribution in [0.3, 0.4) is 0 Å². The van der Waals surface area contributed by atoms with Gasteiger partial charge in [-0.2, -0.15) is 5.10 Å². The number of alkyl halides is 2. The number of nitrogens with one attached hydrogen (secondary N) is 1. The third kappa shape index (κ3) is 4.59. The van der Waals surface area contributed by atoms with E-state index in [-0.39, 0.29) is 34.3 Å². The largest absolute Gasteiger partial charge is 0.366 e.